The third kappa shape index (κ3) is 2.31. The number of carboxylic acid groups (broad SMARTS) is 1. The Morgan fingerprint density at radius 3 is 2.23 bits per heavy atom. The second-order valence-corrected chi connectivity index (χ2v) is 4.91. The molecule has 0 spiro atoms. The Bertz CT molecular complexity index is 789. The molecule has 4 heteroatoms. The summed E-state index contributed by atoms with van der Waals surface area (Å²) in [7, 11) is 0. The van der Waals surface area contributed by atoms with Gasteiger partial charge in [-0.25, -0.2) is 4.79 Å². The SMILES string of the molecule is C=C1C=C(c2ccccc2)C(=O)N1c1ccc(C(=O)O)cc1. The molecule has 0 bridgehead atoms. The van der Waals surface area contributed by atoms with Crippen LogP contribution in [-0.4, -0.2) is 17.0 Å². The third-order valence-corrected chi connectivity index (χ3v) is 3.49. The van der Waals surface area contributed by atoms with Crippen molar-refractivity contribution in [2.75, 3.05) is 4.90 Å². The average Bonchev–Trinajstić information content (AvgIpc) is 2.83. The van der Waals surface area contributed by atoms with E-state index in [1.54, 1.807) is 18.2 Å². The number of allylic oxidation sites excluding steroid dienone is 1. The molecule has 2 aromatic carbocycles. The van der Waals surface area contributed by atoms with Gasteiger partial charge in [-0.1, -0.05) is 36.9 Å². The topological polar surface area (TPSA) is 57.6 Å². The van der Waals surface area contributed by atoms with Gasteiger partial charge < -0.3 is 5.11 Å². The average molecular weight is 291 g/mol. The van der Waals surface area contributed by atoms with Crippen LogP contribution in [0.25, 0.3) is 5.57 Å². The van der Waals surface area contributed by atoms with Gasteiger partial charge in [0.1, 0.15) is 0 Å². The molecule has 1 N–H and O–H groups in total. The predicted octanol–water partition coefficient (Wildman–Crippen LogP) is 3.33. The lowest BCUT2D eigenvalue weighted by Crippen LogP contribution is -2.24. The second-order valence-electron chi connectivity index (χ2n) is 4.91. The van der Waals surface area contributed by atoms with Crippen molar-refractivity contribution in [1.29, 1.82) is 0 Å². The van der Waals surface area contributed by atoms with Gasteiger partial charge in [-0.15, -0.1) is 0 Å². The van der Waals surface area contributed by atoms with Crippen LogP contribution in [0, 0.1) is 0 Å². The highest BCUT2D eigenvalue weighted by Crippen LogP contribution is 2.32. The summed E-state index contributed by atoms with van der Waals surface area (Å²) in [6.07, 6.45) is 1.74. The molecule has 0 unspecified atom stereocenters. The van der Waals surface area contributed by atoms with E-state index >= 15 is 0 Å². The lowest BCUT2D eigenvalue weighted by molar-refractivity contribution is -0.112. The molecule has 0 fully saturated rings. The van der Waals surface area contributed by atoms with E-state index in [9.17, 15) is 9.59 Å². The first-order chi connectivity index (χ1) is 10.6. The second kappa shape index (κ2) is 5.33. The fourth-order valence-electron chi connectivity index (χ4n) is 2.40. The van der Waals surface area contributed by atoms with Crippen LogP contribution in [0.2, 0.25) is 0 Å². The summed E-state index contributed by atoms with van der Waals surface area (Å²) in [5.74, 6) is -1.17. The van der Waals surface area contributed by atoms with Crippen molar-refractivity contribution in [2.24, 2.45) is 0 Å². The third-order valence-electron chi connectivity index (χ3n) is 3.49. The maximum Gasteiger partial charge on any atom is 0.335 e. The van der Waals surface area contributed by atoms with Crippen LogP contribution >= 0.6 is 0 Å². The van der Waals surface area contributed by atoms with Crippen molar-refractivity contribution in [1.82, 2.24) is 0 Å². The molecule has 22 heavy (non-hydrogen) atoms. The van der Waals surface area contributed by atoms with Crippen LogP contribution in [0.1, 0.15) is 15.9 Å². The van der Waals surface area contributed by atoms with Crippen LogP contribution in [0.4, 0.5) is 5.69 Å². The lowest BCUT2D eigenvalue weighted by Gasteiger charge is -2.18. The number of benzene rings is 2. The van der Waals surface area contributed by atoms with Crippen molar-refractivity contribution in [2.45, 2.75) is 0 Å². The van der Waals surface area contributed by atoms with Gasteiger partial charge in [0, 0.05) is 17.0 Å². The number of rotatable bonds is 3. The number of anilines is 1. The highest BCUT2D eigenvalue weighted by atomic mass is 16.4. The minimum Gasteiger partial charge on any atom is -0.478 e. The van der Waals surface area contributed by atoms with Gasteiger partial charge in [-0.2, -0.15) is 0 Å². The van der Waals surface area contributed by atoms with Gasteiger partial charge in [0.25, 0.3) is 5.91 Å². The van der Waals surface area contributed by atoms with E-state index in [1.165, 1.54) is 17.0 Å². The Morgan fingerprint density at radius 2 is 1.64 bits per heavy atom. The maximum absolute atomic E-state index is 12.6. The molecule has 3 rings (SSSR count). The Morgan fingerprint density at radius 1 is 1.00 bits per heavy atom. The molecule has 0 atom stereocenters. The van der Waals surface area contributed by atoms with E-state index < -0.39 is 5.97 Å². The molecule has 0 saturated carbocycles. The first-order valence-corrected chi connectivity index (χ1v) is 6.72. The summed E-state index contributed by atoms with van der Waals surface area (Å²) in [6.45, 7) is 3.91. The van der Waals surface area contributed by atoms with Crippen molar-refractivity contribution < 1.29 is 14.7 Å². The fraction of sp³-hybridized carbons (Fsp3) is 0. The van der Waals surface area contributed by atoms with Gasteiger partial charge in [0.2, 0.25) is 0 Å². The Hall–Kier alpha value is -3.14. The Labute approximate surface area is 127 Å². The standard InChI is InChI=1S/C18H13NO3/c1-12-11-16(13-5-3-2-4-6-13)17(20)19(12)15-9-7-14(8-10-15)18(21)22/h2-11H,1H2,(H,21,22). The van der Waals surface area contributed by atoms with Crippen LogP contribution in [0.15, 0.2) is 72.9 Å². The molecule has 2 aromatic rings. The van der Waals surface area contributed by atoms with Gasteiger partial charge >= 0.3 is 5.97 Å². The molecular weight excluding hydrogens is 278 g/mol. The quantitative estimate of drug-likeness (QED) is 0.943. The van der Waals surface area contributed by atoms with Gasteiger partial charge in [-0.05, 0) is 35.9 Å². The zero-order valence-corrected chi connectivity index (χ0v) is 11.7. The van der Waals surface area contributed by atoms with Gasteiger partial charge in [-0.3, -0.25) is 9.69 Å². The van der Waals surface area contributed by atoms with E-state index in [0.29, 0.717) is 17.0 Å². The summed E-state index contributed by atoms with van der Waals surface area (Å²) in [5, 5.41) is 8.93. The van der Waals surface area contributed by atoms with E-state index in [1.807, 2.05) is 30.3 Å². The number of carboxylic acids is 1. The monoisotopic (exact) mass is 291 g/mol. The minimum absolute atomic E-state index is 0.167. The smallest absolute Gasteiger partial charge is 0.335 e. The van der Waals surface area contributed by atoms with Crippen molar-refractivity contribution in [3.8, 4) is 0 Å². The molecule has 0 aliphatic carbocycles. The molecule has 1 heterocycles. The van der Waals surface area contributed by atoms with E-state index in [-0.39, 0.29) is 11.5 Å². The molecule has 0 saturated heterocycles. The Kier molecular flexibility index (Phi) is 3.35. The zero-order valence-electron chi connectivity index (χ0n) is 11.7. The molecule has 1 aliphatic rings. The van der Waals surface area contributed by atoms with Crippen molar-refractivity contribution in [3.63, 3.8) is 0 Å². The van der Waals surface area contributed by atoms with Crippen LogP contribution in [0.3, 0.4) is 0 Å². The lowest BCUT2D eigenvalue weighted by atomic mass is 10.1. The Balaban J connectivity index is 1.93. The number of hydrogen-bond acceptors (Lipinski definition) is 2. The molecule has 1 amide bonds. The molecule has 0 aromatic heterocycles. The normalized spacial score (nSPS) is 14.2. The first-order valence-electron chi connectivity index (χ1n) is 6.72. The number of amides is 1. The number of carbonyl (C=O) groups excluding carboxylic acids is 1. The molecular formula is C18H13NO3. The van der Waals surface area contributed by atoms with E-state index in [0.717, 1.165) is 5.56 Å². The fourth-order valence-corrected chi connectivity index (χ4v) is 2.40. The summed E-state index contributed by atoms with van der Waals surface area (Å²) in [4.78, 5) is 25.0. The van der Waals surface area contributed by atoms with Crippen LogP contribution < -0.4 is 4.90 Å². The summed E-state index contributed by atoms with van der Waals surface area (Å²) < 4.78 is 0. The predicted molar refractivity (Wildman–Crippen MR) is 84.4 cm³/mol. The first kappa shape index (κ1) is 13.8. The number of hydrogen-bond donors (Lipinski definition) is 1. The van der Waals surface area contributed by atoms with E-state index in [2.05, 4.69) is 6.58 Å². The number of carbonyl (C=O) groups is 2. The number of aromatic carboxylic acids is 1. The summed E-state index contributed by atoms with van der Waals surface area (Å²) in [6, 6.07) is 15.5. The van der Waals surface area contributed by atoms with Crippen LogP contribution in [-0.2, 0) is 4.79 Å². The molecule has 0 radical (unpaired) electrons. The molecule has 4 nitrogen and oxygen atoms in total. The summed E-state index contributed by atoms with van der Waals surface area (Å²) in [5.41, 5.74) is 2.75. The zero-order chi connectivity index (χ0) is 15.7. The highest BCUT2D eigenvalue weighted by Gasteiger charge is 2.29. The number of nitrogens with zero attached hydrogens (tertiary/aromatic N) is 1. The minimum atomic E-state index is -0.999. The summed E-state index contributed by atoms with van der Waals surface area (Å²) >= 11 is 0. The molecule has 108 valence electrons. The highest BCUT2D eigenvalue weighted by molar-refractivity contribution is 6.31. The van der Waals surface area contributed by atoms with Gasteiger partial charge in [0.05, 0.1) is 5.56 Å². The van der Waals surface area contributed by atoms with Crippen LogP contribution in [0.5, 0.6) is 0 Å². The van der Waals surface area contributed by atoms with Crippen molar-refractivity contribution >= 4 is 23.1 Å². The van der Waals surface area contributed by atoms with Crippen molar-refractivity contribution in [3.05, 3.63) is 84.1 Å². The van der Waals surface area contributed by atoms with E-state index in [4.69, 9.17) is 5.11 Å². The maximum atomic E-state index is 12.6. The largest absolute Gasteiger partial charge is 0.478 e. The molecule has 1 aliphatic heterocycles. The van der Waals surface area contributed by atoms with Gasteiger partial charge in [0.15, 0.2) is 0 Å².